The van der Waals surface area contributed by atoms with Gasteiger partial charge in [0.25, 0.3) is 0 Å². The van der Waals surface area contributed by atoms with Crippen LogP contribution in [0.2, 0.25) is 0 Å². The zero-order chi connectivity index (χ0) is 31.2. The second kappa shape index (κ2) is 11.2. The zero-order valence-electron chi connectivity index (χ0n) is 22.1. The quantitative estimate of drug-likeness (QED) is 0.118. The number of aliphatic hydroxyl groups excluding tert-OH is 2. The van der Waals surface area contributed by atoms with Crippen molar-refractivity contribution < 1.29 is 69.4 Å². The van der Waals surface area contributed by atoms with Gasteiger partial charge in [-0.15, -0.1) is 6.58 Å². The lowest BCUT2D eigenvalue weighted by atomic mass is 9.91. The average Bonchev–Trinajstić information content (AvgIpc) is 2.98. The van der Waals surface area contributed by atoms with E-state index in [2.05, 4.69) is 6.58 Å². The maximum atomic E-state index is 13.5. The molecule has 0 aromatic heterocycles. The molecular weight excluding hydrogens is 572 g/mol. The molecule has 0 bridgehead atoms. The van der Waals surface area contributed by atoms with Gasteiger partial charge in [-0.3, -0.25) is 0 Å². The van der Waals surface area contributed by atoms with Gasteiger partial charge < -0.3 is 59.8 Å². The summed E-state index contributed by atoms with van der Waals surface area (Å²) in [6, 6.07) is 7.92. The minimum absolute atomic E-state index is 0.227. The van der Waals surface area contributed by atoms with Crippen molar-refractivity contribution in [2.24, 2.45) is 0 Å². The molecule has 8 N–H and O–H groups in total. The Morgan fingerprint density at radius 1 is 0.791 bits per heavy atom. The number of phenols is 6. The molecule has 5 rings (SSSR count). The van der Waals surface area contributed by atoms with Crippen molar-refractivity contribution in [1.82, 2.24) is 0 Å². The average molecular weight is 599 g/mol. The first-order chi connectivity index (χ1) is 20.5. The largest absolute Gasteiger partial charge is 0.504 e. The molecule has 43 heavy (non-hydrogen) atoms. The summed E-state index contributed by atoms with van der Waals surface area (Å²) in [6.45, 7) is 2.84. The summed E-state index contributed by atoms with van der Waals surface area (Å²) in [5, 5.41) is 83.4. The molecule has 0 saturated carbocycles. The van der Waals surface area contributed by atoms with Crippen molar-refractivity contribution in [2.75, 3.05) is 6.61 Å². The lowest BCUT2D eigenvalue weighted by molar-refractivity contribution is -0.276. The van der Waals surface area contributed by atoms with Crippen molar-refractivity contribution in [1.29, 1.82) is 0 Å². The van der Waals surface area contributed by atoms with Crippen LogP contribution in [-0.4, -0.2) is 90.1 Å². The molecule has 3 aromatic rings. The Kier molecular flexibility index (Phi) is 7.67. The Bertz CT molecular complexity index is 1600. The van der Waals surface area contributed by atoms with E-state index in [0.717, 1.165) is 5.56 Å². The summed E-state index contributed by atoms with van der Waals surface area (Å²) >= 11 is 0. The molecular formula is C29H26O14. The molecule has 1 saturated heterocycles. The lowest BCUT2D eigenvalue weighted by Gasteiger charge is -2.43. The van der Waals surface area contributed by atoms with Crippen LogP contribution in [0.3, 0.4) is 0 Å². The van der Waals surface area contributed by atoms with Gasteiger partial charge in [0.05, 0.1) is 17.7 Å². The summed E-state index contributed by atoms with van der Waals surface area (Å²) in [7, 11) is 0. The van der Waals surface area contributed by atoms with Gasteiger partial charge in [-0.2, -0.15) is 0 Å². The fourth-order valence-corrected chi connectivity index (χ4v) is 4.91. The highest BCUT2D eigenvalue weighted by molar-refractivity contribution is 6.08. The first-order valence-corrected chi connectivity index (χ1v) is 12.8. The number of rotatable bonds is 5. The monoisotopic (exact) mass is 598 g/mol. The molecule has 0 unspecified atom stereocenters. The molecule has 1 fully saturated rings. The van der Waals surface area contributed by atoms with Crippen LogP contribution in [0.25, 0.3) is 11.1 Å². The van der Waals surface area contributed by atoms with Crippen LogP contribution in [-0.2, 0) is 20.6 Å². The van der Waals surface area contributed by atoms with Crippen LogP contribution >= 0.6 is 0 Å². The maximum Gasteiger partial charge on any atom is 0.339 e. The van der Waals surface area contributed by atoms with Crippen molar-refractivity contribution in [2.45, 2.75) is 37.1 Å². The number of esters is 2. The topological polar surface area (TPSA) is 233 Å². The second-order valence-corrected chi connectivity index (χ2v) is 9.74. The second-order valence-electron chi connectivity index (χ2n) is 9.74. The number of benzene rings is 3. The number of phenolic OH excluding ortho intramolecular Hbond substituents is 6. The Morgan fingerprint density at radius 3 is 1.79 bits per heavy atom. The smallest absolute Gasteiger partial charge is 0.339 e. The first-order valence-electron chi connectivity index (χ1n) is 12.8. The first kappa shape index (κ1) is 29.3. The number of hydrogen-bond donors (Lipinski definition) is 8. The fraction of sp³-hybridized carbons (Fsp3) is 0.241. The lowest BCUT2D eigenvalue weighted by Crippen LogP contribution is -2.62. The summed E-state index contributed by atoms with van der Waals surface area (Å²) in [4.78, 5) is 27.0. The number of carbonyl (C=O) groups excluding carboxylic acids is 2. The van der Waals surface area contributed by atoms with Gasteiger partial charge in [-0.25, -0.2) is 9.59 Å². The Balaban J connectivity index is 1.62. The molecule has 5 atom stereocenters. The zero-order valence-corrected chi connectivity index (χ0v) is 22.1. The number of allylic oxidation sites excluding steroid dienone is 1. The van der Waals surface area contributed by atoms with Crippen LogP contribution in [0.5, 0.6) is 40.2 Å². The number of ether oxygens (including phenoxy) is 4. The predicted octanol–water partition coefficient (Wildman–Crippen LogP) is 1.54. The highest BCUT2D eigenvalue weighted by Crippen LogP contribution is 2.53. The summed E-state index contributed by atoms with van der Waals surface area (Å²) in [6.07, 6.45) is -6.11. The van der Waals surface area contributed by atoms with Gasteiger partial charge in [-0.05, 0) is 36.2 Å². The number of hydrogen-bond acceptors (Lipinski definition) is 14. The number of carbonyl (C=O) groups is 2. The number of aromatic hydroxyl groups is 6. The van der Waals surface area contributed by atoms with Crippen LogP contribution in [0.1, 0.15) is 26.3 Å². The molecule has 0 spiro atoms. The van der Waals surface area contributed by atoms with E-state index in [1.165, 1.54) is 0 Å². The highest BCUT2D eigenvalue weighted by atomic mass is 16.7. The summed E-state index contributed by atoms with van der Waals surface area (Å²) in [5.74, 6) is -9.25. The maximum absolute atomic E-state index is 13.5. The van der Waals surface area contributed by atoms with E-state index in [9.17, 15) is 50.4 Å². The molecule has 14 heteroatoms. The molecule has 14 nitrogen and oxygen atoms in total. The number of aliphatic hydroxyl groups is 2. The van der Waals surface area contributed by atoms with E-state index in [1.807, 2.05) is 0 Å². The summed E-state index contributed by atoms with van der Waals surface area (Å²) in [5.41, 5.74) is -2.12. The van der Waals surface area contributed by atoms with E-state index in [1.54, 1.807) is 30.3 Å². The Morgan fingerprint density at radius 2 is 1.30 bits per heavy atom. The minimum atomic E-state index is -1.86. The molecule has 0 aliphatic carbocycles. The van der Waals surface area contributed by atoms with E-state index in [4.69, 9.17) is 18.9 Å². The van der Waals surface area contributed by atoms with E-state index in [0.29, 0.717) is 18.6 Å². The van der Waals surface area contributed by atoms with Crippen LogP contribution in [0.15, 0.2) is 49.1 Å². The summed E-state index contributed by atoms with van der Waals surface area (Å²) < 4.78 is 22.4. The van der Waals surface area contributed by atoms with Gasteiger partial charge >= 0.3 is 11.9 Å². The molecule has 226 valence electrons. The minimum Gasteiger partial charge on any atom is -0.504 e. The van der Waals surface area contributed by atoms with E-state index in [-0.39, 0.29) is 5.75 Å². The van der Waals surface area contributed by atoms with Gasteiger partial charge in [0.2, 0.25) is 17.8 Å². The van der Waals surface area contributed by atoms with Crippen molar-refractivity contribution in [3.8, 4) is 51.4 Å². The molecule has 2 aliphatic rings. The standard InChI is InChI=1S/C29H26O14/c1-2-3-11-4-6-12(7-5-11)40-29-24(37)26-25(17(10-30)41-29)42-27(38)13-8-15(31)20(33)22(35)18(13)19-14(28(39)43-26)9-16(32)21(34)23(19)36/h2,4-9,17,24-26,29-37H,1,3,10H2/t17-,24-,25-,26-,29-/m1/s1. The van der Waals surface area contributed by atoms with Crippen molar-refractivity contribution >= 4 is 11.9 Å². The Labute approximate surface area is 242 Å². The molecule has 2 aliphatic heterocycles. The fourth-order valence-electron chi connectivity index (χ4n) is 4.91. The molecule has 0 amide bonds. The normalized spacial score (nSPS) is 23.2. The van der Waals surface area contributed by atoms with E-state index >= 15 is 0 Å². The number of fused-ring (bicyclic) bond motifs is 4. The SMILES string of the molecule is C=CCc1ccc(O[C@@H]2O[C@H](CO)[C@H]3OC(=O)c4cc(O)c(O)c(O)c4-c4c(cc(O)c(O)c4O)C(=O)O[C@@H]3[C@H]2O)cc1. The van der Waals surface area contributed by atoms with Gasteiger partial charge in [0, 0.05) is 11.1 Å². The molecule has 0 radical (unpaired) electrons. The van der Waals surface area contributed by atoms with Gasteiger partial charge in [0.1, 0.15) is 11.9 Å². The third kappa shape index (κ3) is 5.07. The van der Waals surface area contributed by atoms with Crippen LogP contribution < -0.4 is 4.74 Å². The van der Waals surface area contributed by atoms with Crippen molar-refractivity contribution in [3.63, 3.8) is 0 Å². The predicted molar refractivity (Wildman–Crippen MR) is 143 cm³/mol. The van der Waals surface area contributed by atoms with Crippen LogP contribution in [0.4, 0.5) is 0 Å². The highest BCUT2D eigenvalue weighted by Gasteiger charge is 2.52. The third-order valence-corrected chi connectivity index (χ3v) is 7.03. The molecule has 3 aromatic carbocycles. The van der Waals surface area contributed by atoms with Crippen molar-refractivity contribution in [3.05, 3.63) is 65.7 Å². The van der Waals surface area contributed by atoms with Gasteiger partial charge in [0.15, 0.2) is 41.3 Å². The molecule has 2 heterocycles. The van der Waals surface area contributed by atoms with Gasteiger partial charge in [-0.1, -0.05) is 18.2 Å². The van der Waals surface area contributed by atoms with E-state index < -0.39 is 106 Å². The third-order valence-electron chi connectivity index (χ3n) is 7.03. The Hall–Kier alpha value is -5.18. The van der Waals surface area contributed by atoms with Crippen LogP contribution in [0, 0.1) is 0 Å².